The number of H-pyrrole nitrogens is 1. The number of benzene rings is 1. The zero-order valence-electron chi connectivity index (χ0n) is 12.5. The average Bonchev–Trinajstić information content (AvgIpc) is 2.59. The highest BCUT2D eigenvalue weighted by atomic mass is 16.5. The van der Waals surface area contributed by atoms with Gasteiger partial charge in [-0.2, -0.15) is 0 Å². The van der Waals surface area contributed by atoms with E-state index in [1.807, 2.05) is 12.1 Å². The molecule has 0 spiro atoms. The van der Waals surface area contributed by atoms with Crippen LogP contribution < -0.4 is 15.6 Å². The molecule has 3 aromatic rings. The first-order chi connectivity index (χ1) is 11.2. The average molecular weight is 309 g/mol. The normalized spacial score (nSPS) is 10.5. The number of rotatable bonds is 4. The summed E-state index contributed by atoms with van der Waals surface area (Å²) in [5.74, 6) is 0.0959. The lowest BCUT2D eigenvalue weighted by atomic mass is 10.1. The molecule has 0 unspecified atom stereocenters. The van der Waals surface area contributed by atoms with Gasteiger partial charge in [0.15, 0.2) is 0 Å². The van der Waals surface area contributed by atoms with Crippen molar-refractivity contribution in [3.05, 3.63) is 70.3 Å². The Morgan fingerprint density at radius 2 is 2.09 bits per heavy atom. The molecule has 116 valence electrons. The first kappa shape index (κ1) is 14.8. The van der Waals surface area contributed by atoms with E-state index in [-0.39, 0.29) is 23.7 Å². The zero-order chi connectivity index (χ0) is 16.2. The molecule has 23 heavy (non-hydrogen) atoms. The molecule has 3 rings (SSSR count). The van der Waals surface area contributed by atoms with E-state index >= 15 is 0 Å². The molecule has 2 heterocycles. The molecule has 2 aromatic heterocycles. The Labute approximate surface area is 132 Å². The second-order valence-electron chi connectivity index (χ2n) is 4.95. The van der Waals surface area contributed by atoms with Gasteiger partial charge in [-0.1, -0.05) is 24.3 Å². The minimum atomic E-state index is -0.362. The third-order valence-corrected chi connectivity index (χ3v) is 3.48. The number of nitrogens with zero attached hydrogens (tertiary/aromatic N) is 1. The summed E-state index contributed by atoms with van der Waals surface area (Å²) in [4.78, 5) is 31.0. The van der Waals surface area contributed by atoms with E-state index < -0.39 is 0 Å². The summed E-state index contributed by atoms with van der Waals surface area (Å²) in [6.07, 6.45) is 1.62. The lowest BCUT2D eigenvalue weighted by molar-refractivity contribution is 0.0945. The maximum absolute atomic E-state index is 12.3. The van der Waals surface area contributed by atoms with Crippen molar-refractivity contribution < 1.29 is 9.53 Å². The maximum Gasteiger partial charge on any atom is 0.268 e. The smallest absolute Gasteiger partial charge is 0.268 e. The predicted molar refractivity (Wildman–Crippen MR) is 86.5 cm³/mol. The van der Waals surface area contributed by atoms with Crippen LogP contribution in [0.25, 0.3) is 10.8 Å². The Hall–Kier alpha value is -3.15. The summed E-state index contributed by atoms with van der Waals surface area (Å²) in [6.45, 7) is 0.255. The summed E-state index contributed by atoms with van der Waals surface area (Å²) < 4.78 is 5.14. The van der Waals surface area contributed by atoms with Crippen LogP contribution in [0, 0.1) is 0 Å². The van der Waals surface area contributed by atoms with E-state index in [0.29, 0.717) is 11.3 Å². The van der Waals surface area contributed by atoms with Crippen LogP contribution in [-0.4, -0.2) is 23.0 Å². The second-order valence-corrected chi connectivity index (χ2v) is 4.95. The number of hydrogen-bond donors (Lipinski definition) is 2. The van der Waals surface area contributed by atoms with Crippen LogP contribution in [0.1, 0.15) is 16.1 Å². The van der Waals surface area contributed by atoms with Gasteiger partial charge in [-0.05, 0) is 23.6 Å². The number of methoxy groups -OCH3 is 1. The number of amides is 1. The van der Waals surface area contributed by atoms with Crippen molar-refractivity contribution >= 4 is 16.7 Å². The Kier molecular flexibility index (Phi) is 4.05. The third kappa shape index (κ3) is 3.06. The SMILES string of the molecule is COc1ncccc1CNC(=O)c1cc2ccccc2c(=O)[nH]1. The van der Waals surface area contributed by atoms with Gasteiger partial charge < -0.3 is 15.0 Å². The van der Waals surface area contributed by atoms with Crippen LogP contribution in [0.4, 0.5) is 0 Å². The Balaban J connectivity index is 1.82. The zero-order valence-corrected chi connectivity index (χ0v) is 12.5. The van der Waals surface area contributed by atoms with E-state index in [2.05, 4.69) is 15.3 Å². The van der Waals surface area contributed by atoms with Crippen LogP contribution in [0.15, 0.2) is 53.5 Å². The number of carbonyl (C=O) groups excluding carboxylic acids is 1. The van der Waals surface area contributed by atoms with Crippen molar-refractivity contribution in [2.24, 2.45) is 0 Å². The molecular weight excluding hydrogens is 294 g/mol. The van der Waals surface area contributed by atoms with E-state index in [1.165, 1.54) is 7.11 Å². The molecule has 0 atom stereocenters. The monoisotopic (exact) mass is 309 g/mol. The molecule has 0 aliphatic carbocycles. The number of fused-ring (bicyclic) bond motifs is 1. The quantitative estimate of drug-likeness (QED) is 0.770. The van der Waals surface area contributed by atoms with Crippen molar-refractivity contribution in [3.8, 4) is 5.88 Å². The molecule has 0 fully saturated rings. The van der Waals surface area contributed by atoms with Gasteiger partial charge in [0.2, 0.25) is 5.88 Å². The summed E-state index contributed by atoms with van der Waals surface area (Å²) in [7, 11) is 1.52. The molecule has 0 radical (unpaired) electrons. The van der Waals surface area contributed by atoms with E-state index in [1.54, 1.807) is 36.5 Å². The fraction of sp³-hybridized carbons (Fsp3) is 0.118. The fourth-order valence-corrected chi connectivity index (χ4v) is 2.35. The Morgan fingerprint density at radius 3 is 2.91 bits per heavy atom. The summed E-state index contributed by atoms with van der Waals surface area (Å²) in [5, 5.41) is 4.03. The first-order valence-electron chi connectivity index (χ1n) is 7.07. The lowest BCUT2D eigenvalue weighted by Gasteiger charge is -2.09. The van der Waals surface area contributed by atoms with Gasteiger partial charge >= 0.3 is 0 Å². The highest BCUT2D eigenvalue weighted by Crippen LogP contribution is 2.13. The maximum atomic E-state index is 12.3. The van der Waals surface area contributed by atoms with Crippen LogP contribution in [0.2, 0.25) is 0 Å². The predicted octanol–water partition coefficient (Wildman–Crippen LogP) is 1.86. The van der Waals surface area contributed by atoms with Crippen molar-refractivity contribution in [1.29, 1.82) is 0 Å². The first-order valence-corrected chi connectivity index (χ1v) is 7.07. The molecule has 0 bridgehead atoms. The molecule has 6 nitrogen and oxygen atoms in total. The van der Waals surface area contributed by atoms with Crippen LogP contribution in [0.3, 0.4) is 0 Å². The van der Waals surface area contributed by atoms with Crippen molar-refractivity contribution in [3.63, 3.8) is 0 Å². The number of carbonyl (C=O) groups is 1. The molecule has 0 aliphatic heterocycles. The van der Waals surface area contributed by atoms with Gasteiger partial charge in [0.1, 0.15) is 5.69 Å². The van der Waals surface area contributed by atoms with Gasteiger partial charge in [-0.15, -0.1) is 0 Å². The number of hydrogen-bond acceptors (Lipinski definition) is 4. The van der Waals surface area contributed by atoms with Gasteiger partial charge in [0.05, 0.1) is 7.11 Å². The molecule has 0 aliphatic rings. The minimum Gasteiger partial charge on any atom is -0.481 e. The van der Waals surface area contributed by atoms with E-state index in [4.69, 9.17) is 4.74 Å². The summed E-state index contributed by atoms with van der Waals surface area (Å²) in [6, 6.07) is 12.4. The molecular formula is C17H15N3O3. The number of aromatic nitrogens is 2. The van der Waals surface area contributed by atoms with E-state index in [9.17, 15) is 9.59 Å². The third-order valence-electron chi connectivity index (χ3n) is 3.48. The number of pyridine rings is 2. The Morgan fingerprint density at radius 1 is 1.26 bits per heavy atom. The van der Waals surface area contributed by atoms with Crippen molar-refractivity contribution in [2.75, 3.05) is 7.11 Å². The number of nitrogens with one attached hydrogen (secondary N) is 2. The number of aromatic amines is 1. The summed E-state index contributed by atoms with van der Waals surface area (Å²) in [5.41, 5.74) is 0.690. The van der Waals surface area contributed by atoms with Gasteiger partial charge in [-0.25, -0.2) is 4.98 Å². The molecule has 1 amide bonds. The van der Waals surface area contributed by atoms with Crippen LogP contribution in [-0.2, 0) is 6.54 Å². The highest BCUT2D eigenvalue weighted by molar-refractivity contribution is 5.96. The molecule has 1 aromatic carbocycles. The van der Waals surface area contributed by atoms with Gasteiger partial charge in [0, 0.05) is 23.7 Å². The molecule has 0 saturated heterocycles. The lowest BCUT2D eigenvalue weighted by Crippen LogP contribution is -2.26. The second kappa shape index (κ2) is 6.31. The van der Waals surface area contributed by atoms with Crippen molar-refractivity contribution in [2.45, 2.75) is 6.54 Å². The largest absolute Gasteiger partial charge is 0.481 e. The van der Waals surface area contributed by atoms with E-state index in [0.717, 1.165) is 10.9 Å². The Bertz CT molecular complexity index is 918. The topological polar surface area (TPSA) is 84.1 Å². The van der Waals surface area contributed by atoms with Gasteiger partial charge in [-0.3, -0.25) is 9.59 Å². The number of ether oxygens (including phenoxy) is 1. The fourth-order valence-electron chi connectivity index (χ4n) is 2.35. The van der Waals surface area contributed by atoms with Crippen LogP contribution >= 0.6 is 0 Å². The molecule has 6 heteroatoms. The van der Waals surface area contributed by atoms with Crippen molar-refractivity contribution in [1.82, 2.24) is 15.3 Å². The van der Waals surface area contributed by atoms with Crippen LogP contribution in [0.5, 0.6) is 5.88 Å². The molecule has 2 N–H and O–H groups in total. The van der Waals surface area contributed by atoms with Gasteiger partial charge in [0.25, 0.3) is 11.5 Å². The highest BCUT2D eigenvalue weighted by Gasteiger charge is 2.10. The standard InChI is InChI=1S/C17H15N3O3/c1-23-17-12(6-4-8-18-17)10-19-16(22)14-9-11-5-2-3-7-13(11)15(21)20-14/h2-9H,10H2,1H3,(H,19,22)(H,20,21). The molecule has 0 saturated carbocycles. The minimum absolute atomic E-state index is 0.219. The summed E-state index contributed by atoms with van der Waals surface area (Å²) >= 11 is 0.